The van der Waals surface area contributed by atoms with Crippen molar-refractivity contribution >= 4 is 52.6 Å². The van der Waals surface area contributed by atoms with E-state index in [1.165, 1.54) is 17.8 Å². The van der Waals surface area contributed by atoms with Gasteiger partial charge in [0.15, 0.2) is 0 Å². The lowest BCUT2D eigenvalue weighted by Crippen LogP contribution is -2.19. The van der Waals surface area contributed by atoms with Crippen LogP contribution in [0.5, 0.6) is 0 Å². The molecule has 0 radical (unpaired) electrons. The van der Waals surface area contributed by atoms with Crippen LogP contribution in [0, 0.1) is 0 Å². The lowest BCUT2D eigenvalue weighted by atomic mass is 10.1. The Morgan fingerprint density at radius 2 is 1.40 bits per heavy atom. The van der Waals surface area contributed by atoms with E-state index in [1.807, 2.05) is 84.9 Å². The van der Waals surface area contributed by atoms with Gasteiger partial charge in [-0.15, -0.1) is 11.8 Å². The van der Waals surface area contributed by atoms with E-state index in [4.69, 9.17) is 11.6 Å². The van der Waals surface area contributed by atoms with Gasteiger partial charge in [0, 0.05) is 27.4 Å². The molecule has 4 nitrogen and oxygen atoms in total. The molecule has 0 aliphatic heterocycles. The molecular formula is C29H23ClN2O2S. The van der Waals surface area contributed by atoms with Crippen molar-refractivity contribution in [3.8, 4) is 0 Å². The van der Waals surface area contributed by atoms with Crippen molar-refractivity contribution in [2.24, 2.45) is 0 Å². The van der Waals surface area contributed by atoms with Gasteiger partial charge in [-0.25, -0.2) is 0 Å². The number of anilines is 2. The third kappa shape index (κ3) is 7.34. The number of carbonyl (C=O) groups is 2. The number of nitrogens with one attached hydrogen (secondary N) is 2. The van der Waals surface area contributed by atoms with Gasteiger partial charge in [0.2, 0.25) is 11.8 Å². The number of thioether (sulfide) groups is 1. The number of hydrogen-bond donors (Lipinski definition) is 2. The second kappa shape index (κ2) is 12.1. The molecule has 1 unspecified atom stereocenters. The highest BCUT2D eigenvalue weighted by Gasteiger charge is 2.22. The molecule has 0 saturated heterocycles. The second-order valence-electron chi connectivity index (χ2n) is 7.67. The second-order valence-corrected chi connectivity index (χ2v) is 9.28. The number of halogens is 1. The zero-order chi connectivity index (χ0) is 24.5. The van der Waals surface area contributed by atoms with Crippen LogP contribution < -0.4 is 10.6 Å². The van der Waals surface area contributed by atoms with E-state index in [0.29, 0.717) is 16.4 Å². The van der Waals surface area contributed by atoms with Gasteiger partial charge in [0.1, 0.15) is 5.25 Å². The van der Waals surface area contributed by atoms with Gasteiger partial charge in [-0.3, -0.25) is 9.59 Å². The molecule has 0 fully saturated rings. The number of carbonyl (C=O) groups excluding carboxylic acids is 2. The van der Waals surface area contributed by atoms with E-state index < -0.39 is 5.25 Å². The molecule has 2 N–H and O–H groups in total. The maximum Gasteiger partial charge on any atom is 0.248 e. The predicted molar refractivity (Wildman–Crippen MR) is 146 cm³/mol. The first-order valence-corrected chi connectivity index (χ1v) is 12.2. The van der Waals surface area contributed by atoms with Gasteiger partial charge in [-0.05, 0) is 53.6 Å². The van der Waals surface area contributed by atoms with Crippen LogP contribution in [0.2, 0.25) is 5.02 Å². The summed E-state index contributed by atoms with van der Waals surface area (Å²) in [5.74, 6) is -0.391. The van der Waals surface area contributed by atoms with Crippen LogP contribution in [-0.4, -0.2) is 11.8 Å². The smallest absolute Gasteiger partial charge is 0.248 e. The van der Waals surface area contributed by atoms with Crippen molar-refractivity contribution in [3.63, 3.8) is 0 Å². The predicted octanol–water partition coefficient (Wildman–Crippen LogP) is 7.46. The average Bonchev–Trinajstić information content (AvgIpc) is 2.87. The van der Waals surface area contributed by atoms with Crippen LogP contribution in [0.3, 0.4) is 0 Å². The lowest BCUT2D eigenvalue weighted by molar-refractivity contribution is -0.116. The van der Waals surface area contributed by atoms with E-state index >= 15 is 0 Å². The van der Waals surface area contributed by atoms with Gasteiger partial charge in [0.25, 0.3) is 0 Å². The molecule has 0 bridgehead atoms. The van der Waals surface area contributed by atoms with Crippen molar-refractivity contribution in [2.45, 2.75) is 10.1 Å². The highest BCUT2D eigenvalue weighted by molar-refractivity contribution is 8.00. The Morgan fingerprint density at radius 3 is 2.11 bits per heavy atom. The van der Waals surface area contributed by atoms with Crippen LogP contribution in [-0.2, 0) is 9.59 Å². The number of amides is 2. The fourth-order valence-electron chi connectivity index (χ4n) is 3.38. The zero-order valence-electron chi connectivity index (χ0n) is 18.7. The van der Waals surface area contributed by atoms with E-state index in [-0.39, 0.29) is 11.8 Å². The number of hydrogen-bond acceptors (Lipinski definition) is 3. The summed E-state index contributed by atoms with van der Waals surface area (Å²) >= 11 is 7.49. The molecule has 0 aromatic heterocycles. The molecule has 2 amide bonds. The molecule has 174 valence electrons. The first-order chi connectivity index (χ1) is 17.1. The molecule has 1 atom stereocenters. The molecule has 4 aromatic rings. The third-order valence-corrected chi connectivity index (χ3v) is 6.50. The Bertz CT molecular complexity index is 1330. The molecule has 4 aromatic carbocycles. The summed E-state index contributed by atoms with van der Waals surface area (Å²) in [6.07, 6.45) is 3.26. The summed E-state index contributed by atoms with van der Waals surface area (Å²) in [5, 5.41) is 5.90. The average molecular weight is 499 g/mol. The summed E-state index contributed by atoms with van der Waals surface area (Å²) in [4.78, 5) is 26.5. The molecule has 6 heteroatoms. The van der Waals surface area contributed by atoms with E-state index in [0.717, 1.165) is 16.0 Å². The van der Waals surface area contributed by atoms with Crippen LogP contribution >= 0.6 is 23.4 Å². The summed E-state index contributed by atoms with van der Waals surface area (Å²) in [6.45, 7) is 0. The Labute approximate surface area is 214 Å². The minimum atomic E-state index is -0.501. The van der Waals surface area contributed by atoms with Crippen LogP contribution in [0.15, 0.2) is 120 Å². The van der Waals surface area contributed by atoms with Crippen LogP contribution in [0.4, 0.5) is 11.4 Å². The minimum absolute atomic E-state index is 0.163. The minimum Gasteiger partial charge on any atom is -0.325 e. The maximum atomic E-state index is 13.3. The Balaban J connectivity index is 1.49. The Morgan fingerprint density at radius 1 is 0.743 bits per heavy atom. The lowest BCUT2D eigenvalue weighted by Gasteiger charge is -2.18. The van der Waals surface area contributed by atoms with Gasteiger partial charge in [0.05, 0.1) is 0 Å². The summed E-state index contributed by atoms with van der Waals surface area (Å²) in [7, 11) is 0. The normalized spacial score (nSPS) is 11.7. The maximum absolute atomic E-state index is 13.3. The largest absolute Gasteiger partial charge is 0.325 e. The van der Waals surface area contributed by atoms with Crippen molar-refractivity contribution in [1.82, 2.24) is 0 Å². The monoisotopic (exact) mass is 498 g/mol. The van der Waals surface area contributed by atoms with Gasteiger partial charge >= 0.3 is 0 Å². The fourth-order valence-corrected chi connectivity index (χ4v) is 4.65. The zero-order valence-corrected chi connectivity index (χ0v) is 20.3. The first-order valence-electron chi connectivity index (χ1n) is 11.0. The molecule has 0 aliphatic carbocycles. The van der Waals surface area contributed by atoms with Crippen molar-refractivity contribution in [3.05, 3.63) is 131 Å². The van der Waals surface area contributed by atoms with Crippen LogP contribution in [0.1, 0.15) is 16.4 Å². The molecule has 0 heterocycles. The SMILES string of the molecule is O=C(/C=C/c1ccccc1)Nc1cccc(SC(C(=O)Nc2cccc(Cl)c2)c2ccccc2)c1. The van der Waals surface area contributed by atoms with Gasteiger partial charge < -0.3 is 10.6 Å². The third-order valence-electron chi connectivity index (χ3n) is 5.01. The van der Waals surface area contributed by atoms with E-state index in [2.05, 4.69) is 10.6 Å². The number of benzene rings is 4. The highest BCUT2D eigenvalue weighted by Crippen LogP contribution is 2.37. The quantitative estimate of drug-likeness (QED) is 0.196. The number of rotatable bonds is 8. The van der Waals surface area contributed by atoms with Gasteiger partial charge in [-0.2, -0.15) is 0 Å². The van der Waals surface area contributed by atoms with E-state index in [9.17, 15) is 9.59 Å². The molecule has 0 spiro atoms. The van der Waals surface area contributed by atoms with Crippen molar-refractivity contribution in [1.29, 1.82) is 0 Å². The van der Waals surface area contributed by atoms with Crippen LogP contribution in [0.25, 0.3) is 6.08 Å². The highest BCUT2D eigenvalue weighted by atomic mass is 35.5. The first kappa shape index (κ1) is 24.3. The molecule has 0 saturated carbocycles. The standard InChI is InChI=1S/C29H23ClN2O2S/c30-23-13-7-14-24(19-23)32-29(34)28(22-11-5-2-6-12-22)35-26-16-8-15-25(20-26)31-27(33)18-17-21-9-3-1-4-10-21/h1-20,28H,(H,31,33)(H,32,34)/b18-17+. The molecule has 0 aliphatic rings. The summed E-state index contributed by atoms with van der Waals surface area (Å²) < 4.78 is 0. The topological polar surface area (TPSA) is 58.2 Å². The van der Waals surface area contributed by atoms with Crippen molar-refractivity contribution < 1.29 is 9.59 Å². The summed E-state index contributed by atoms with van der Waals surface area (Å²) in [6, 6.07) is 33.7. The Hall–Kier alpha value is -3.80. The van der Waals surface area contributed by atoms with Gasteiger partial charge in [-0.1, -0.05) is 84.4 Å². The molecular weight excluding hydrogens is 476 g/mol. The fraction of sp³-hybridized carbons (Fsp3) is 0.0345. The van der Waals surface area contributed by atoms with E-state index in [1.54, 1.807) is 30.3 Å². The Kier molecular flexibility index (Phi) is 8.39. The van der Waals surface area contributed by atoms with Crippen molar-refractivity contribution in [2.75, 3.05) is 10.6 Å². The molecule has 35 heavy (non-hydrogen) atoms. The summed E-state index contributed by atoms with van der Waals surface area (Å²) in [5.41, 5.74) is 3.11. The molecule has 4 rings (SSSR count).